The van der Waals surface area contributed by atoms with Crippen molar-refractivity contribution in [2.75, 3.05) is 31.1 Å². The Bertz CT molecular complexity index is 734. The Labute approximate surface area is 158 Å². The summed E-state index contributed by atoms with van der Waals surface area (Å²) in [5.74, 6) is -0.747. The van der Waals surface area contributed by atoms with Crippen molar-refractivity contribution in [3.63, 3.8) is 0 Å². The zero-order chi connectivity index (χ0) is 19.1. The minimum Gasteiger partial charge on any atom is -0.366 e. The molecule has 1 fully saturated rings. The summed E-state index contributed by atoms with van der Waals surface area (Å²) in [6.07, 6.45) is 2.85. The lowest BCUT2D eigenvalue weighted by Crippen LogP contribution is -2.51. The number of amides is 1. The van der Waals surface area contributed by atoms with Gasteiger partial charge in [-0.1, -0.05) is 0 Å². The minimum atomic E-state index is -0.349. The molecule has 1 unspecified atom stereocenters. The van der Waals surface area contributed by atoms with Crippen LogP contribution in [0.15, 0.2) is 48.5 Å². The lowest BCUT2D eigenvalue weighted by molar-refractivity contribution is 0.0953. The first-order valence-electron chi connectivity index (χ1n) is 9.40. The van der Waals surface area contributed by atoms with Gasteiger partial charge in [0.15, 0.2) is 0 Å². The molecule has 2 aromatic rings. The second kappa shape index (κ2) is 9.46. The molecule has 1 atom stereocenters. The minimum absolute atomic E-state index is 0.178. The molecular weight excluding hydrogens is 348 g/mol. The summed E-state index contributed by atoms with van der Waals surface area (Å²) in [6.45, 7) is 3.31. The van der Waals surface area contributed by atoms with Gasteiger partial charge >= 0.3 is 0 Å². The van der Waals surface area contributed by atoms with Gasteiger partial charge in [0.1, 0.15) is 11.6 Å². The number of rotatable bonds is 7. The Kier molecular flexibility index (Phi) is 6.76. The lowest BCUT2D eigenvalue weighted by atomic mass is 10.0. The molecular formula is C21H25F2N3O. The highest BCUT2D eigenvalue weighted by Crippen LogP contribution is 2.21. The molecule has 1 aliphatic heterocycles. The van der Waals surface area contributed by atoms with Crippen molar-refractivity contribution in [2.24, 2.45) is 0 Å². The summed E-state index contributed by atoms with van der Waals surface area (Å²) < 4.78 is 26.1. The molecule has 0 radical (unpaired) electrons. The molecule has 0 aliphatic carbocycles. The summed E-state index contributed by atoms with van der Waals surface area (Å²) in [7, 11) is 0. The molecule has 1 heterocycles. The number of carbonyl (C=O) groups excluding carboxylic acids is 1. The van der Waals surface area contributed by atoms with Gasteiger partial charge in [0.25, 0.3) is 5.91 Å². The van der Waals surface area contributed by atoms with Crippen LogP contribution in [0.2, 0.25) is 0 Å². The third kappa shape index (κ3) is 5.50. The van der Waals surface area contributed by atoms with Crippen LogP contribution in [0.1, 0.15) is 29.6 Å². The normalized spacial score (nSPS) is 17.0. The SMILES string of the molecule is O=C(NCCCCC1CNCCN1c1ccc(F)cc1)c1ccc(F)cc1. The summed E-state index contributed by atoms with van der Waals surface area (Å²) in [4.78, 5) is 14.3. The van der Waals surface area contributed by atoms with E-state index >= 15 is 0 Å². The number of carbonyl (C=O) groups is 1. The second-order valence-corrected chi connectivity index (χ2v) is 6.79. The zero-order valence-electron chi connectivity index (χ0n) is 15.3. The van der Waals surface area contributed by atoms with E-state index in [1.54, 1.807) is 0 Å². The van der Waals surface area contributed by atoms with E-state index in [9.17, 15) is 13.6 Å². The van der Waals surface area contributed by atoms with Crippen LogP contribution >= 0.6 is 0 Å². The molecule has 144 valence electrons. The molecule has 0 aromatic heterocycles. The van der Waals surface area contributed by atoms with Crippen molar-refractivity contribution in [3.8, 4) is 0 Å². The number of nitrogens with one attached hydrogen (secondary N) is 2. The Morgan fingerprint density at radius 3 is 2.41 bits per heavy atom. The summed E-state index contributed by atoms with van der Waals surface area (Å²) in [5, 5.41) is 6.29. The number of hydrogen-bond acceptors (Lipinski definition) is 3. The standard InChI is InChI=1S/C21H25F2N3O/c22-17-6-4-16(5-7-17)21(27)25-12-2-1-3-20-15-24-13-14-26(20)19-10-8-18(23)9-11-19/h4-11,20,24H,1-3,12-15H2,(H,25,27). The smallest absolute Gasteiger partial charge is 0.251 e. The topological polar surface area (TPSA) is 44.4 Å². The van der Waals surface area contributed by atoms with Crippen molar-refractivity contribution in [1.29, 1.82) is 0 Å². The monoisotopic (exact) mass is 373 g/mol. The van der Waals surface area contributed by atoms with E-state index in [1.165, 1.54) is 36.4 Å². The van der Waals surface area contributed by atoms with Gasteiger partial charge in [-0.3, -0.25) is 4.79 Å². The van der Waals surface area contributed by atoms with Crippen molar-refractivity contribution in [3.05, 3.63) is 65.7 Å². The molecule has 2 aromatic carbocycles. The lowest BCUT2D eigenvalue weighted by Gasteiger charge is -2.38. The first kappa shape index (κ1) is 19.3. The van der Waals surface area contributed by atoms with E-state index in [0.717, 1.165) is 44.6 Å². The molecule has 3 rings (SSSR count). The van der Waals surface area contributed by atoms with Crippen LogP contribution in [0.5, 0.6) is 0 Å². The average Bonchev–Trinajstić information content (AvgIpc) is 2.69. The fraction of sp³-hybridized carbons (Fsp3) is 0.381. The van der Waals surface area contributed by atoms with Gasteiger partial charge in [-0.2, -0.15) is 0 Å². The van der Waals surface area contributed by atoms with Gasteiger partial charge in [0, 0.05) is 43.5 Å². The molecule has 1 aliphatic rings. The third-order valence-electron chi connectivity index (χ3n) is 4.86. The highest BCUT2D eigenvalue weighted by molar-refractivity contribution is 5.94. The maximum atomic E-state index is 13.2. The van der Waals surface area contributed by atoms with E-state index in [-0.39, 0.29) is 17.5 Å². The summed E-state index contributed by atoms with van der Waals surface area (Å²) >= 11 is 0. The Morgan fingerprint density at radius 1 is 1.04 bits per heavy atom. The fourth-order valence-corrected chi connectivity index (χ4v) is 3.40. The molecule has 0 saturated carbocycles. The maximum absolute atomic E-state index is 13.2. The third-order valence-corrected chi connectivity index (χ3v) is 4.86. The molecule has 4 nitrogen and oxygen atoms in total. The van der Waals surface area contributed by atoms with Gasteiger partial charge in [0.2, 0.25) is 0 Å². The van der Waals surface area contributed by atoms with Gasteiger partial charge in [-0.15, -0.1) is 0 Å². The number of benzene rings is 2. The van der Waals surface area contributed by atoms with E-state index in [1.807, 2.05) is 12.1 Å². The highest BCUT2D eigenvalue weighted by atomic mass is 19.1. The second-order valence-electron chi connectivity index (χ2n) is 6.79. The Morgan fingerprint density at radius 2 is 1.70 bits per heavy atom. The predicted molar refractivity (Wildman–Crippen MR) is 103 cm³/mol. The number of hydrogen-bond donors (Lipinski definition) is 2. The first-order valence-corrected chi connectivity index (χ1v) is 9.40. The van der Waals surface area contributed by atoms with Gasteiger partial charge in [-0.05, 0) is 67.8 Å². The highest BCUT2D eigenvalue weighted by Gasteiger charge is 2.22. The molecule has 2 N–H and O–H groups in total. The fourth-order valence-electron chi connectivity index (χ4n) is 3.40. The molecule has 6 heteroatoms. The number of anilines is 1. The van der Waals surface area contributed by atoms with Crippen molar-refractivity contribution in [1.82, 2.24) is 10.6 Å². The van der Waals surface area contributed by atoms with E-state index in [2.05, 4.69) is 15.5 Å². The first-order chi connectivity index (χ1) is 13.1. The predicted octanol–water partition coefficient (Wildman–Crippen LogP) is 3.34. The van der Waals surface area contributed by atoms with E-state index in [4.69, 9.17) is 0 Å². The van der Waals surface area contributed by atoms with Gasteiger partial charge < -0.3 is 15.5 Å². The molecule has 27 heavy (non-hydrogen) atoms. The molecule has 0 bridgehead atoms. The Hall–Kier alpha value is -2.47. The van der Waals surface area contributed by atoms with Crippen LogP contribution in [0.4, 0.5) is 14.5 Å². The van der Waals surface area contributed by atoms with Crippen molar-refractivity contribution in [2.45, 2.75) is 25.3 Å². The summed E-state index contributed by atoms with van der Waals surface area (Å²) in [6, 6.07) is 12.6. The average molecular weight is 373 g/mol. The van der Waals surface area contributed by atoms with Crippen LogP contribution in [-0.4, -0.2) is 38.1 Å². The van der Waals surface area contributed by atoms with Crippen LogP contribution in [-0.2, 0) is 0 Å². The van der Waals surface area contributed by atoms with Crippen LogP contribution in [0.25, 0.3) is 0 Å². The number of piperazine rings is 1. The Balaban J connectivity index is 1.42. The van der Waals surface area contributed by atoms with Crippen LogP contribution < -0.4 is 15.5 Å². The van der Waals surface area contributed by atoms with Crippen LogP contribution in [0.3, 0.4) is 0 Å². The summed E-state index contributed by atoms with van der Waals surface area (Å²) in [5.41, 5.74) is 1.52. The quantitative estimate of drug-likeness (QED) is 0.732. The molecule has 1 amide bonds. The van der Waals surface area contributed by atoms with Gasteiger partial charge in [0.05, 0.1) is 0 Å². The van der Waals surface area contributed by atoms with Crippen molar-refractivity contribution >= 4 is 11.6 Å². The van der Waals surface area contributed by atoms with E-state index < -0.39 is 0 Å². The number of nitrogens with zero attached hydrogens (tertiary/aromatic N) is 1. The van der Waals surface area contributed by atoms with E-state index in [0.29, 0.717) is 18.2 Å². The van der Waals surface area contributed by atoms with Gasteiger partial charge in [-0.25, -0.2) is 8.78 Å². The maximum Gasteiger partial charge on any atom is 0.251 e. The zero-order valence-corrected chi connectivity index (χ0v) is 15.3. The number of unbranched alkanes of at least 4 members (excludes halogenated alkanes) is 1. The van der Waals surface area contributed by atoms with Crippen molar-refractivity contribution < 1.29 is 13.6 Å². The molecule has 1 saturated heterocycles. The molecule has 0 spiro atoms. The number of halogens is 2. The van der Waals surface area contributed by atoms with Crippen LogP contribution in [0, 0.1) is 11.6 Å². The largest absolute Gasteiger partial charge is 0.366 e.